The zero-order valence-electron chi connectivity index (χ0n) is 14.1. The summed E-state index contributed by atoms with van der Waals surface area (Å²) in [5.74, 6) is -1.23. The second kappa shape index (κ2) is 8.30. The standard InChI is InChI=1S/C16H23N3O5S/c1-12-2-4-14(5-3-12)25(23,24)18-9-8-17-16(22)19-10-6-13(7-11-19)15(20)21/h2-5,13,18H,6-11H2,1H3,(H,17,22)(H,20,21). The Hall–Kier alpha value is -2.13. The summed E-state index contributed by atoms with van der Waals surface area (Å²) in [7, 11) is -3.60. The van der Waals surface area contributed by atoms with Gasteiger partial charge in [-0.2, -0.15) is 0 Å². The minimum absolute atomic E-state index is 0.0769. The fourth-order valence-electron chi connectivity index (χ4n) is 2.60. The van der Waals surface area contributed by atoms with Gasteiger partial charge in [0.15, 0.2) is 0 Å². The maximum atomic E-state index is 12.1. The quantitative estimate of drug-likeness (QED) is 0.641. The molecule has 1 fully saturated rings. The van der Waals surface area contributed by atoms with Crippen molar-refractivity contribution in [3.63, 3.8) is 0 Å². The predicted molar refractivity (Wildman–Crippen MR) is 91.7 cm³/mol. The Morgan fingerprint density at radius 2 is 1.76 bits per heavy atom. The molecule has 1 aromatic carbocycles. The van der Waals surface area contributed by atoms with E-state index < -0.39 is 21.9 Å². The van der Waals surface area contributed by atoms with Crippen LogP contribution in [-0.4, -0.2) is 56.6 Å². The van der Waals surface area contributed by atoms with Gasteiger partial charge in [-0.3, -0.25) is 4.79 Å². The fourth-order valence-corrected chi connectivity index (χ4v) is 3.63. The molecule has 0 aromatic heterocycles. The second-order valence-electron chi connectivity index (χ2n) is 6.04. The van der Waals surface area contributed by atoms with E-state index >= 15 is 0 Å². The van der Waals surface area contributed by atoms with Crippen LogP contribution in [0.1, 0.15) is 18.4 Å². The summed E-state index contributed by atoms with van der Waals surface area (Å²) < 4.78 is 26.6. The van der Waals surface area contributed by atoms with Gasteiger partial charge >= 0.3 is 12.0 Å². The van der Waals surface area contributed by atoms with E-state index in [1.54, 1.807) is 17.0 Å². The molecule has 0 atom stereocenters. The lowest BCUT2D eigenvalue weighted by Crippen LogP contribution is -2.47. The van der Waals surface area contributed by atoms with Gasteiger partial charge in [0.2, 0.25) is 10.0 Å². The number of sulfonamides is 1. The van der Waals surface area contributed by atoms with Crippen LogP contribution in [0, 0.1) is 12.8 Å². The number of aryl methyl sites for hydroxylation is 1. The van der Waals surface area contributed by atoms with E-state index in [-0.39, 0.29) is 24.0 Å². The van der Waals surface area contributed by atoms with Gasteiger partial charge in [0.25, 0.3) is 0 Å². The van der Waals surface area contributed by atoms with Crippen molar-refractivity contribution < 1.29 is 23.1 Å². The number of carboxylic acid groups (broad SMARTS) is 1. The lowest BCUT2D eigenvalue weighted by atomic mass is 9.97. The molecule has 9 heteroatoms. The first-order valence-corrected chi connectivity index (χ1v) is 9.60. The number of nitrogens with one attached hydrogen (secondary N) is 2. The zero-order valence-corrected chi connectivity index (χ0v) is 14.9. The van der Waals surface area contributed by atoms with E-state index in [0.29, 0.717) is 25.9 Å². The number of piperidine rings is 1. The molecule has 2 rings (SSSR count). The molecule has 2 amide bonds. The molecular formula is C16H23N3O5S. The largest absolute Gasteiger partial charge is 0.481 e. The average molecular weight is 369 g/mol. The third-order valence-corrected chi connectivity index (χ3v) is 5.63. The summed E-state index contributed by atoms with van der Waals surface area (Å²) in [4.78, 5) is 24.6. The number of likely N-dealkylation sites (tertiary alicyclic amines) is 1. The highest BCUT2D eigenvalue weighted by Crippen LogP contribution is 2.17. The molecule has 0 radical (unpaired) electrons. The SMILES string of the molecule is Cc1ccc(S(=O)(=O)NCCNC(=O)N2CCC(C(=O)O)CC2)cc1. The second-order valence-corrected chi connectivity index (χ2v) is 7.81. The predicted octanol–water partition coefficient (Wildman–Crippen LogP) is 0.780. The Bertz CT molecular complexity index is 710. The third kappa shape index (κ3) is 5.43. The van der Waals surface area contributed by atoms with Crippen LogP contribution in [0.15, 0.2) is 29.2 Å². The number of carbonyl (C=O) groups is 2. The molecule has 8 nitrogen and oxygen atoms in total. The molecule has 0 saturated carbocycles. The molecular weight excluding hydrogens is 346 g/mol. The number of carbonyl (C=O) groups excluding carboxylic acids is 1. The molecule has 1 saturated heterocycles. The molecule has 0 spiro atoms. The Morgan fingerprint density at radius 1 is 1.16 bits per heavy atom. The first kappa shape index (κ1) is 19.2. The number of hydrogen-bond donors (Lipinski definition) is 3. The number of benzene rings is 1. The monoisotopic (exact) mass is 369 g/mol. The number of hydrogen-bond acceptors (Lipinski definition) is 4. The highest BCUT2D eigenvalue weighted by molar-refractivity contribution is 7.89. The smallest absolute Gasteiger partial charge is 0.317 e. The highest BCUT2D eigenvalue weighted by Gasteiger charge is 2.26. The van der Waals surface area contributed by atoms with Crippen LogP contribution in [0.3, 0.4) is 0 Å². The van der Waals surface area contributed by atoms with Gasteiger partial charge in [-0.25, -0.2) is 17.9 Å². The first-order chi connectivity index (χ1) is 11.8. The van der Waals surface area contributed by atoms with E-state index in [1.807, 2.05) is 6.92 Å². The maximum Gasteiger partial charge on any atom is 0.317 e. The summed E-state index contributed by atoms with van der Waals surface area (Å²) >= 11 is 0. The Balaban J connectivity index is 1.73. The molecule has 1 aromatic rings. The highest BCUT2D eigenvalue weighted by atomic mass is 32.2. The summed E-state index contributed by atoms with van der Waals surface area (Å²) in [6.45, 7) is 2.88. The van der Waals surface area contributed by atoms with E-state index in [2.05, 4.69) is 10.0 Å². The van der Waals surface area contributed by atoms with Crippen molar-refractivity contribution in [1.82, 2.24) is 14.9 Å². The Morgan fingerprint density at radius 3 is 2.32 bits per heavy atom. The van der Waals surface area contributed by atoms with Crippen molar-refractivity contribution >= 4 is 22.0 Å². The molecule has 0 unspecified atom stereocenters. The average Bonchev–Trinajstić information content (AvgIpc) is 2.59. The number of amides is 2. The number of urea groups is 1. The Labute approximate surface area is 147 Å². The molecule has 0 aliphatic carbocycles. The summed E-state index contributed by atoms with van der Waals surface area (Å²) in [6.07, 6.45) is 0.867. The molecule has 1 aliphatic rings. The van der Waals surface area contributed by atoms with Crippen molar-refractivity contribution in [2.45, 2.75) is 24.7 Å². The number of carboxylic acids is 1. The lowest BCUT2D eigenvalue weighted by Gasteiger charge is -2.30. The zero-order chi connectivity index (χ0) is 18.4. The molecule has 138 valence electrons. The van der Waals surface area contributed by atoms with Crippen molar-refractivity contribution in [1.29, 1.82) is 0 Å². The van der Waals surface area contributed by atoms with E-state index in [4.69, 9.17) is 5.11 Å². The third-order valence-electron chi connectivity index (χ3n) is 4.16. The number of aliphatic carboxylic acids is 1. The number of nitrogens with zero attached hydrogens (tertiary/aromatic N) is 1. The number of rotatable bonds is 6. The van der Waals surface area contributed by atoms with Gasteiger partial charge < -0.3 is 15.3 Å². The normalized spacial score (nSPS) is 15.8. The van der Waals surface area contributed by atoms with Crippen LogP contribution in [0.2, 0.25) is 0 Å². The van der Waals surface area contributed by atoms with Gasteiger partial charge in [-0.15, -0.1) is 0 Å². The van der Waals surface area contributed by atoms with Gasteiger partial charge in [0.1, 0.15) is 0 Å². The lowest BCUT2D eigenvalue weighted by molar-refractivity contribution is -0.143. The maximum absolute atomic E-state index is 12.1. The van der Waals surface area contributed by atoms with Gasteiger partial charge in [0.05, 0.1) is 10.8 Å². The van der Waals surface area contributed by atoms with Crippen LogP contribution in [0.4, 0.5) is 4.79 Å². The molecule has 1 heterocycles. The van der Waals surface area contributed by atoms with Gasteiger partial charge in [-0.05, 0) is 31.9 Å². The summed E-state index contributed by atoms with van der Waals surface area (Å²) in [5, 5.41) is 11.6. The van der Waals surface area contributed by atoms with Crippen LogP contribution in [0.25, 0.3) is 0 Å². The van der Waals surface area contributed by atoms with Gasteiger partial charge in [-0.1, -0.05) is 17.7 Å². The Kier molecular flexibility index (Phi) is 6.38. The minimum atomic E-state index is -3.60. The van der Waals surface area contributed by atoms with Gasteiger partial charge in [0, 0.05) is 26.2 Å². The van der Waals surface area contributed by atoms with Crippen LogP contribution < -0.4 is 10.0 Å². The summed E-state index contributed by atoms with van der Waals surface area (Å²) in [5.41, 5.74) is 0.970. The van der Waals surface area contributed by atoms with E-state index in [0.717, 1.165) is 5.56 Å². The molecule has 1 aliphatic heterocycles. The molecule has 3 N–H and O–H groups in total. The van der Waals surface area contributed by atoms with E-state index in [9.17, 15) is 18.0 Å². The topological polar surface area (TPSA) is 116 Å². The fraction of sp³-hybridized carbons (Fsp3) is 0.500. The van der Waals surface area contributed by atoms with Crippen molar-refractivity contribution in [2.75, 3.05) is 26.2 Å². The van der Waals surface area contributed by atoms with Crippen LogP contribution >= 0.6 is 0 Å². The van der Waals surface area contributed by atoms with Crippen molar-refractivity contribution in [3.8, 4) is 0 Å². The van der Waals surface area contributed by atoms with Crippen molar-refractivity contribution in [3.05, 3.63) is 29.8 Å². The minimum Gasteiger partial charge on any atom is -0.481 e. The first-order valence-electron chi connectivity index (χ1n) is 8.11. The van der Waals surface area contributed by atoms with E-state index in [1.165, 1.54) is 12.1 Å². The van der Waals surface area contributed by atoms with Crippen LogP contribution in [-0.2, 0) is 14.8 Å². The molecule has 25 heavy (non-hydrogen) atoms. The molecule has 0 bridgehead atoms. The summed E-state index contributed by atoms with van der Waals surface area (Å²) in [6, 6.07) is 6.19. The van der Waals surface area contributed by atoms with Crippen LogP contribution in [0.5, 0.6) is 0 Å². The van der Waals surface area contributed by atoms with Crippen molar-refractivity contribution in [2.24, 2.45) is 5.92 Å².